The van der Waals surface area contributed by atoms with Gasteiger partial charge in [0.1, 0.15) is 5.75 Å². The van der Waals surface area contributed by atoms with Crippen LogP contribution in [0.3, 0.4) is 0 Å². The van der Waals surface area contributed by atoms with Gasteiger partial charge >= 0.3 is 5.97 Å². The molecular weight excluding hydrogens is 216 g/mol. The summed E-state index contributed by atoms with van der Waals surface area (Å²) in [6, 6.07) is 5.38. The molecule has 0 aliphatic carbocycles. The predicted octanol–water partition coefficient (Wildman–Crippen LogP) is 3.35. The number of hydrogen-bond acceptors (Lipinski definition) is 3. The van der Waals surface area contributed by atoms with Crippen molar-refractivity contribution in [3.8, 4) is 5.75 Å². The Morgan fingerprint density at radius 3 is 2.47 bits per heavy atom. The molecule has 0 aromatic heterocycles. The van der Waals surface area contributed by atoms with Gasteiger partial charge in [0.2, 0.25) is 0 Å². The van der Waals surface area contributed by atoms with Gasteiger partial charge in [-0.15, -0.1) is 0 Å². The third kappa shape index (κ3) is 4.10. The van der Waals surface area contributed by atoms with Crippen molar-refractivity contribution in [1.29, 1.82) is 0 Å². The summed E-state index contributed by atoms with van der Waals surface area (Å²) in [7, 11) is 0. The summed E-state index contributed by atoms with van der Waals surface area (Å²) in [5.41, 5.74) is 1.55. The maximum atomic E-state index is 11.6. The Balaban J connectivity index is 2.70. The number of aryl methyl sites for hydroxylation is 1. The van der Waals surface area contributed by atoms with Crippen molar-refractivity contribution < 1.29 is 14.3 Å². The maximum Gasteiger partial charge on any atom is 0.338 e. The Bertz CT molecular complexity index is 372. The molecule has 0 heterocycles. The number of ether oxygens (including phenoxy) is 2. The highest BCUT2D eigenvalue weighted by atomic mass is 16.5. The Labute approximate surface area is 103 Å². The van der Waals surface area contributed by atoms with E-state index in [2.05, 4.69) is 6.92 Å². The van der Waals surface area contributed by atoms with Crippen LogP contribution < -0.4 is 4.74 Å². The van der Waals surface area contributed by atoms with E-state index in [-0.39, 0.29) is 5.97 Å². The van der Waals surface area contributed by atoms with E-state index < -0.39 is 0 Å². The van der Waals surface area contributed by atoms with Gasteiger partial charge in [0.15, 0.2) is 0 Å². The van der Waals surface area contributed by atoms with E-state index >= 15 is 0 Å². The summed E-state index contributed by atoms with van der Waals surface area (Å²) >= 11 is 0. The van der Waals surface area contributed by atoms with E-state index in [1.807, 2.05) is 26.0 Å². The summed E-state index contributed by atoms with van der Waals surface area (Å²) in [6.45, 7) is 7.13. The Hall–Kier alpha value is -1.51. The van der Waals surface area contributed by atoms with E-state index in [1.54, 1.807) is 6.07 Å². The number of carbonyl (C=O) groups is 1. The topological polar surface area (TPSA) is 35.5 Å². The van der Waals surface area contributed by atoms with Gasteiger partial charge in [0, 0.05) is 0 Å². The minimum absolute atomic E-state index is 0.267. The van der Waals surface area contributed by atoms with Crippen molar-refractivity contribution >= 4 is 5.97 Å². The fourth-order valence-electron chi connectivity index (χ4n) is 1.43. The maximum absolute atomic E-state index is 11.6. The molecule has 1 aromatic rings. The smallest absolute Gasteiger partial charge is 0.338 e. The first-order valence-electron chi connectivity index (χ1n) is 6.09. The molecule has 1 aromatic carbocycles. The van der Waals surface area contributed by atoms with Crippen LogP contribution in [0, 0.1) is 6.92 Å². The third-order valence-electron chi connectivity index (χ3n) is 2.31. The van der Waals surface area contributed by atoms with Crippen LogP contribution in [0.25, 0.3) is 0 Å². The van der Waals surface area contributed by atoms with Crippen LogP contribution in [0.15, 0.2) is 18.2 Å². The predicted molar refractivity (Wildman–Crippen MR) is 67.5 cm³/mol. The van der Waals surface area contributed by atoms with Crippen LogP contribution in [0.4, 0.5) is 0 Å². The molecule has 0 saturated heterocycles. The molecule has 0 fully saturated rings. The molecule has 94 valence electrons. The minimum Gasteiger partial charge on any atom is -0.493 e. The monoisotopic (exact) mass is 236 g/mol. The van der Waals surface area contributed by atoms with Gasteiger partial charge < -0.3 is 9.47 Å². The van der Waals surface area contributed by atoms with Crippen molar-refractivity contribution in [3.05, 3.63) is 29.3 Å². The Morgan fingerprint density at radius 2 is 1.88 bits per heavy atom. The molecule has 0 unspecified atom stereocenters. The summed E-state index contributed by atoms with van der Waals surface area (Å²) in [6.07, 6.45) is 1.81. The Kier molecular flexibility index (Phi) is 5.53. The second-order valence-corrected chi connectivity index (χ2v) is 3.96. The highest BCUT2D eigenvalue weighted by molar-refractivity contribution is 5.89. The molecule has 0 aliphatic heterocycles. The number of rotatable bonds is 6. The van der Waals surface area contributed by atoms with Gasteiger partial charge in [0.05, 0.1) is 18.8 Å². The van der Waals surface area contributed by atoms with Crippen molar-refractivity contribution in [3.63, 3.8) is 0 Å². The minimum atomic E-state index is -0.267. The van der Waals surface area contributed by atoms with Gasteiger partial charge in [-0.3, -0.25) is 0 Å². The lowest BCUT2D eigenvalue weighted by Crippen LogP contribution is -2.06. The molecule has 0 amide bonds. The number of carbonyl (C=O) groups excluding carboxylic acids is 1. The van der Waals surface area contributed by atoms with E-state index in [4.69, 9.17) is 9.47 Å². The number of hydrogen-bond donors (Lipinski definition) is 0. The lowest BCUT2D eigenvalue weighted by atomic mass is 10.1. The van der Waals surface area contributed by atoms with Crippen LogP contribution >= 0.6 is 0 Å². The van der Waals surface area contributed by atoms with Crippen LogP contribution in [0.2, 0.25) is 0 Å². The lowest BCUT2D eigenvalue weighted by Gasteiger charge is -2.09. The third-order valence-corrected chi connectivity index (χ3v) is 2.31. The number of benzene rings is 1. The van der Waals surface area contributed by atoms with Gasteiger partial charge in [0.25, 0.3) is 0 Å². The summed E-state index contributed by atoms with van der Waals surface area (Å²) in [5.74, 6) is 0.566. The lowest BCUT2D eigenvalue weighted by molar-refractivity contribution is 0.0505. The van der Waals surface area contributed by atoms with Gasteiger partial charge in [-0.25, -0.2) is 4.79 Å². The molecule has 3 heteroatoms. The summed E-state index contributed by atoms with van der Waals surface area (Å²) in [5, 5.41) is 0. The van der Waals surface area contributed by atoms with E-state index in [0.717, 1.165) is 24.2 Å². The normalized spacial score (nSPS) is 10.1. The second-order valence-electron chi connectivity index (χ2n) is 3.96. The zero-order valence-electron chi connectivity index (χ0n) is 10.8. The van der Waals surface area contributed by atoms with Crippen molar-refractivity contribution in [1.82, 2.24) is 0 Å². The van der Waals surface area contributed by atoms with Crippen LogP contribution in [-0.4, -0.2) is 19.2 Å². The van der Waals surface area contributed by atoms with E-state index in [9.17, 15) is 4.79 Å². The first kappa shape index (κ1) is 13.6. The van der Waals surface area contributed by atoms with Gasteiger partial charge in [-0.2, -0.15) is 0 Å². The molecule has 0 spiro atoms. The van der Waals surface area contributed by atoms with Crippen molar-refractivity contribution in [2.75, 3.05) is 13.2 Å². The fourth-order valence-corrected chi connectivity index (χ4v) is 1.43. The van der Waals surface area contributed by atoms with Crippen molar-refractivity contribution in [2.45, 2.75) is 33.6 Å². The standard InChI is InChI=1S/C14H20O3/c1-4-8-16-13-7-6-12(10-11(13)3)14(15)17-9-5-2/h6-7,10H,4-5,8-9H2,1-3H3. The van der Waals surface area contributed by atoms with Gasteiger partial charge in [-0.1, -0.05) is 13.8 Å². The van der Waals surface area contributed by atoms with Crippen LogP contribution in [0.1, 0.15) is 42.6 Å². The Morgan fingerprint density at radius 1 is 1.18 bits per heavy atom. The molecule has 0 aliphatic rings. The summed E-state index contributed by atoms with van der Waals surface area (Å²) < 4.78 is 10.6. The van der Waals surface area contributed by atoms with Crippen LogP contribution in [0.5, 0.6) is 5.75 Å². The quantitative estimate of drug-likeness (QED) is 0.710. The number of esters is 1. The molecule has 0 atom stereocenters. The zero-order valence-corrected chi connectivity index (χ0v) is 10.8. The molecule has 0 saturated carbocycles. The molecule has 3 nitrogen and oxygen atoms in total. The second kappa shape index (κ2) is 6.94. The first-order chi connectivity index (χ1) is 8.19. The molecule has 0 bridgehead atoms. The zero-order chi connectivity index (χ0) is 12.7. The average Bonchev–Trinajstić information content (AvgIpc) is 2.34. The highest BCUT2D eigenvalue weighted by Gasteiger charge is 2.09. The molecular formula is C14H20O3. The van der Waals surface area contributed by atoms with Crippen molar-refractivity contribution in [2.24, 2.45) is 0 Å². The summed E-state index contributed by atoms with van der Waals surface area (Å²) in [4.78, 5) is 11.6. The van der Waals surface area contributed by atoms with Crippen LogP contribution in [-0.2, 0) is 4.74 Å². The average molecular weight is 236 g/mol. The SMILES string of the molecule is CCCOC(=O)c1ccc(OCCC)c(C)c1. The molecule has 0 radical (unpaired) electrons. The molecule has 0 N–H and O–H groups in total. The van der Waals surface area contributed by atoms with Gasteiger partial charge in [-0.05, 0) is 43.5 Å². The fraction of sp³-hybridized carbons (Fsp3) is 0.500. The van der Waals surface area contributed by atoms with E-state index in [0.29, 0.717) is 18.8 Å². The van der Waals surface area contributed by atoms with E-state index in [1.165, 1.54) is 0 Å². The highest BCUT2D eigenvalue weighted by Crippen LogP contribution is 2.19. The largest absolute Gasteiger partial charge is 0.493 e. The first-order valence-corrected chi connectivity index (χ1v) is 6.09. The molecule has 1 rings (SSSR count). The molecule has 17 heavy (non-hydrogen) atoms.